The zero-order chi connectivity index (χ0) is 7.58. The Kier molecular flexibility index (Phi) is 71.3. The quantitative estimate of drug-likeness (QED) is 0.431. The lowest BCUT2D eigenvalue weighted by atomic mass is 11.2. The normalized spacial score (nSPS) is 4.25. The second-order valence-corrected chi connectivity index (χ2v) is 0.339. The molecule has 0 aromatic carbocycles. The van der Waals surface area contributed by atoms with Crippen molar-refractivity contribution in [2.45, 2.75) is 0 Å². The van der Waals surface area contributed by atoms with Gasteiger partial charge < -0.3 is 0 Å². The van der Waals surface area contributed by atoms with E-state index in [1.165, 1.54) is 0 Å². The van der Waals surface area contributed by atoms with Gasteiger partial charge in [-0.15, -0.1) is 26.3 Å². The van der Waals surface area contributed by atoms with E-state index in [9.17, 15) is 8.78 Å². The largest absolute Gasteiger partial charge is 0.263 e. The van der Waals surface area contributed by atoms with E-state index >= 15 is 0 Å². The van der Waals surface area contributed by atoms with Crippen LogP contribution in [0.3, 0.4) is 0 Å². The first-order valence-electron chi connectivity index (χ1n) is 1.73. The van der Waals surface area contributed by atoms with E-state index in [0.717, 1.165) is 0 Å². The van der Waals surface area contributed by atoms with E-state index in [-0.39, 0.29) is 0 Å². The lowest BCUT2D eigenvalue weighted by Gasteiger charge is -1.54. The zero-order valence-corrected chi connectivity index (χ0v) is 4.79. The number of hydrogen-bond donors (Lipinski definition) is 0. The van der Waals surface area contributed by atoms with Crippen molar-refractivity contribution >= 4 is 0 Å². The van der Waals surface area contributed by atoms with Crippen LogP contribution in [-0.4, -0.2) is 0 Å². The van der Waals surface area contributed by atoms with Crippen LogP contribution in [0.1, 0.15) is 0 Å². The first-order valence-corrected chi connectivity index (χ1v) is 1.73. The molecule has 0 spiro atoms. The minimum absolute atomic E-state index is 1.83. The summed E-state index contributed by atoms with van der Waals surface area (Å²) in [6, 6.07) is 0. The third kappa shape index (κ3) is 99.9. The van der Waals surface area contributed by atoms with E-state index in [2.05, 4.69) is 32.9 Å². The third-order valence-electron chi connectivity index (χ3n) is 0. The molecule has 0 fully saturated rings. The first kappa shape index (κ1) is 15.7. The molecular weight excluding hydrogens is 110 g/mol. The summed E-state index contributed by atoms with van der Waals surface area (Å²) < 4.78 is 20.3. The minimum Gasteiger partial charge on any atom is -0.174 e. The average Bonchev–Trinajstić information content (AvgIpc) is 1.75. The summed E-state index contributed by atoms with van der Waals surface area (Å²) in [6.45, 7) is 14.2. The molecule has 0 saturated carbocycles. The maximum absolute atomic E-state index is 10.1. The smallest absolute Gasteiger partial charge is 0.174 e. The number of hydrogen-bond acceptors (Lipinski definition) is 0. The van der Waals surface area contributed by atoms with Crippen LogP contribution < -0.4 is 0 Å². The molecule has 0 bridgehead atoms. The van der Waals surface area contributed by atoms with Crippen molar-refractivity contribution in [2.75, 3.05) is 0 Å². The first-order chi connectivity index (χ1) is 3.73. The summed E-state index contributed by atoms with van der Waals surface area (Å²) in [5.74, 6) is 0. The van der Waals surface area contributed by atoms with Gasteiger partial charge in [0.1, 0.15) is 0 Å². The van der Waals surface area contributed by atoms with Crippen LogP contribution in [0.15, 0.2) is 39.0 Å². The fraction of sp³-hybridized carbons (Fsp3) is 0. The highest BCUT2D eigenvalue weighted by molar-refractivity contribution is 4.57. The Balaban J connectivity index is -0.0000000542. The molecule has 0 N–H and O–H groups in total. The predicted molar refractivity (Wildman–Crippen MR) is 33.9 cm³/mol. The molecule has 0 saturated heterocycles. The Bertz CT molecular complexity index is 44.5. The van der Waals surface area contributed by atoms with Crippen LogP contribution in [0.25, 0.3) is 0 Å². The van der Waals surface area contributed by atoms with E-state index < -0.39 is 6.08 Å². The Morgan fingerprint density at radius 3 is 0.875 bits per heavy atom. The fourth-order valence-electron chi connectivity index (χ4n) is 0. The highest BCUT2D eigenvalue weighted by Gasteiger charge is 1.65. The van der Waals surface area contributed by atoms with E-state index in [1.54, 1.807) is 0 Å². The highest BCUT2D eigenvalue weighted by atomic mass is 19.3. The van der Waals surface area contributed by atoms with Gasteiger partial charge in [0.2, 0.25) is 0 Å². The fourth-order valence-corrected chi connectivity index (χ4v) is 0. The summed E-state index contributed by atoms with van der Waals surface area (Å²) >= 11 is 0. The van der Waals surface area contributed by atoms with Gasteiger partial charge in [0.25, 0.3) is 6.08 Å². The van der Waals surface area contributed by atoms with Crippen molar-refractivity contribution in [3.63, 3.8) is 0 Å². The molecule has 2 heteroatoms. The molecule has 0 aromatic heterocycles. The van der Waals surface area contributed by atoms with Crippen molar-refractivity contribution in [1.82, 2.24) is 0 Å². The highest BCUT2D eigenvalue weighted by Crippen LogP contribution is 1.85. The molecule has 0 aliphatic rings. The summed E-state index contributed by atoms with van der Waals surface area (Å²) in [7, 11) is 0. The van der Waals surface area contributed by atoms with Gasteiger partial charge >= 0.3 is 0 Å². The van der Waals surface area contributed by atoms with Crippen LogP contribution >= 0.6 is 0 Å². The van der Waals surface area contributed by atoms with E-state index in [4.69, 9.17) is 0 Å². The lowest BCUT2D eigenvalue weighted by molar-refractivity contribution is 0.426. The summed E-state index contributed by atoms with van der Waals surface area (Å²) in [5, 5.41) is 0. The molecular formula is C6H10F2. The molecule has 0 aliphatic carbocycles. The standard InChI is InChI=1S/C2H2F2.2C2H4/c1-2(3)4;2*1-2/h1H2;2*1-2H2. The Morgan fingerprint density at radius 2 is 0.875 bits per heavy atom. The Hall–Kier alpha value is -0.920. The van der Waals surface area contributed by atoms with Crippen molar-refractivity contribution in [3.8, 4) is 0 Å². The molecule has 0 heterocycles. The molecule has 0 unspecified atom stereocenters. The van der Waals surface area contributed by atoms with Crippen LogP contribution in [-0.2, 0) is 0 Å². The van der Waals surface area contributed by atoms with Crippen molar-refractivity contribution < 1.29 is 8.78 Å². The van der Waals surface area contributed by atoms with Crippen LogP contribution in [0.2, 0.25) is 0 Å². The number of halogens is 2. The Labute approximate surface area is 48.8 Å². The van der Waals surface area contributed by atoms with Gasteiger partial charge in [-0.25, -0.2) is 0 Å². The van der Waals surface area contributed by atoms with Gasteiger partial charge in [-0.1, -0.05) is 0 Å². The molecule has 0 aliphatic heterocycles. The topological polar surface area (TPSA) is 0 Å². The monoisotopic (exact) mass is 120 g/mol. The maximum Gasteiger partial charge on any atom is 0.263 e. The van der Waals surface area contributed by atoms with Gasteiger partial charge in [-0.2, -0.15) is 8.78 Å². The second kappa shape index (κ2) is 36.3. The van der Waals surface area contributed by atoms with Crippen molar-refractivity contribution in [1.29, 1.82) is 0 Å². The van der Waals surface area contributed by atoms with Gasteiger partial charge in [-0.3, -0.25) is 0 Å². The van der Waals surface area contributed by atoms with Crippen molar-refractivity contribution in [3.05, 3.63) is 39.0 Å². The van der Waals surface area contributed by atoms with Crippen molar-refractivity contribution in [2.24, 2.45) is 0 Å². The molecule has 0 aromatic rings. The second-order valence-electron chi connectivity index (χ2n) is 0.339. The number of rotatable bonds is 0. The lowest BCUT2D eigenvalue weighted by Crippen LogP contribution is -1.33. The van der Waals surface area contributed by atoms with Crippen LogP contribution in [0, 0.1) is 0 Å². The molecule has 0 amide bonds. The van der Waals surface area contributed by atoms with Gasteiger partial charge in [-0.05, 0) is 6.58 Å². The third-order valence-corrected chi connectivity index (χ3v) is 0. The molecule has 0 atom stereocenters. The molecule has 8 heavy (non-hydrogen) atoms. The van der Waals surface area contributed by atoms with Crippen LogP contribution in [0.4, 0.5) is 8.78 Å². The maximum atomic E-state index is 10.1. The summed E-state index contributed by atoms with van der Waals surface area (Å²) in [6.07, 6.45) is -1.83. The molecule has 0 nitrogen and oxygen atoms in total. The van der Waals surface area contributed by atoms with Gasteiger partial charge in [0, 0.05) is 0 Å². The summed E-state index contributed by atoms with van der Waals surface area (Å²) in [4.78, 5) is 0. The predicted octanol–water partition coefficient (Wildman–Crippen LogP) is 3.00. The zero-order valence-electron chi connectivity index (χ0n) is 4.79. The summed E-state index contributed by atoms with van der Waals surface area (Å²) in [5.41, 5.74) is 0. The van der Waals surface area contributed by atoms with E-state index in [0.29, 0.717) is 0 Å². The molecule has 0 rings (SSSR count). The Morgan fingerprint density at radius 1 is 0.875 bits per heavy atom. The van der Waals surface area contributed by atoms with Crippen LogP contribution in [0.5, 0.6) is 0 Å². The minimum atomic E-state index is -1.83. The SMILES string of the molecule is C=C.C=C.C=C(F)F. The molecule has 48 valence electrons. The molecule has 0 radical (unpaired) electrons. The average molecular weight is 120 g/mol. The van der Waals surface area contributed by atoms with Gasteiger partial charge in [0.05, 0.1) is 0 Å². The van der Waals surface area contributed by atoms with E-state index in [1.807, 2.05) is 0 Å². The van der Waals surface area contributed by atoms with Gasteiger partial charge in [0.15, 0.2) is 0 Å².